The van der Waals surface area contributed by atoms with Crippen molar-refractivity contribution in [2.24, 2.45) is 0 Å². The maximum atomic E-state index is 3.23. The second kappa shape index (κ2) is 26.2. The highest BCUT2D eigenvalue weighted by atomic mass is 14.8. The highest BCUT2D eigenvalue weighted by molar-refractivity contribution is 4.51. The molecule has 2 nitrogen and oxygen atoms in total. The zero-order chi connectivity index (χ0) is 17.6. The molecule has 0 saturated carbocycles. The van der Waals surface area contributed by atoms with Gasteiger partial charge >= 0.3 is 0 Å². The third kappa shape index (κ3) is 26.3. The molecule has 2 heteroatoms. The fraction of sp³-hybridized carbons (Fsp3) is 1.00. The first-order chi connectivity index (χ1) is 11.9. The van der Waals surface area contributed by atoms with E-state index in [2.05, 4.69) is 19.3 Å². The van der Waals surface area contributed by atoms with Crippen molar-refractivity contribution in [1.29, 1.82) is 0 Å². The van der Waals surface area contributed by atoms with Crippen molar-refractivity contribution >= 4 is 0 Å². The van der Waals surface area contributed by atoms with Gasteiger partial charge in [-0.3, -0.25) is 0 Å². The predicted octanol–water partition coefficient (Wildman–Crippen LogP) is 8.19. The lowest BCUT2D eigenvalue weighted by Crippen LogP contribution is -2.06. The summed E-state index contributed by atoms with van der Waals surface area (Å²) in [7, 11) is 2.05. The zero-order valence-corrected chi connectivity index (χ0v) is 18.1. The van der Waals surface area contributed by atoms with Gasteiger partial charge in [-0.25, -0.2) is 0 Å². The molecule has 0 unspecified atom stereocenters. The van der Waals surface area contributed by atoms with Crippen LogP contribution in [0.15, 0.2) is 0 Å². The Bertz CT molecular complexity index is 184. The molecule has 154 valence electrons. The van der Waals surface area contributed by atoms with Gasteiger partial charge in [-0.05, 0) is 20.0 Å². The quantitative estimate of drug-likeness (QED) is 0.204. The smallest absolute Gasteiger partial charge is 0.00519 e. The number of hydrogen-bond donors (Lipinski definition) is 2. The Morgan fingerprint density at radius 3 is 0.880 bits per heavy atom. The summed E-state index contributed by atoms with van der Waals surface area (Å²) in [5, 5.41) is 3.23. The number of nitrogens with one attached hydrogen (secondary N) is 1. The summed E-state index contributed by atoms with van der Waals surface area (Å²) in [5.41, 5.74) is 0. The van der Waals surface area contributed by atoms with E-state index in [9.17, 15) is 0 Å². The van der Waals surface area contributed by atoms with E-state index in [1.54, 1.807) is 0 Å². The van der Waals surface area contributed by atoms with Crippen LogP contribution in [0, 0.1) is 0 Å². The van der Waals surface area contributed by atoms with Crippen LogP contribution in [0.2, 0.25) is 0 Å². The third-order valence-corrected chi connectivity index (χ3v) is 5.28. The lowest BCUT2D eigenvalue weighted by molar-refractivity contribution is 0.521. The van der Waals surface area contributed by atoms with Gasteiger partial charge in [0.1, 0.15) is 0 Å². The van der Waals surface area contributed by atoms with E-state index in [4.69, 9.17) is 0 Å². The number of rotatable bonds is 21. The number of unbranched alkanes of at least 4 members (excludes halogenated alkanes) is 19. The minimum Gasteiger partial charge on any atom is -0.344 e. The molecule has 0 atom stereocenters. The van der Waals surface area contributed by atoms with Crippen molar-refractivity contribution in [3.8, 4) is 0 Å². The summed E-state index contributed by atoms with van der Waals surface area (Å²) in [4.78, 5) is 0. The van der Waals surface area contributed by atoms with Gasteiger partial charge in [0.05, 0.1) is 0 Å². The topological polar surface area (TPSA) is 47.0 Å². The molecule has 0 spiro atoms. The van der Waals surface area contributed by atoms with Gasteiger partial charge in [0.2, 0.25) is 0 Å². The minimum atomic E-state index is 0. The molecule has 4 N–H and O–H groups in total. The molecule has 0 saturated heterocycles. The predicted molar refractivity (Wildman–Crippen MR) is 117 cm³/mol. The molecule has 0 rings (SSSR count). The lowest BCUT2D eigenvalue weighted by Gasteiger charge is -2.04. The first-order valence-corrected chi connectivity index (χ1v) is 11.6. The molecule has 0 aromatic carbocycles. The molecule has 25 heavy (non-hydrogen) atoms. The van der Waals surface area contributed by atoms with Crippen LogP contribution >= 0.6 is 0 Å². The van der Waals surface area contributed by atoms with Crippen LogP contribution in [-0.4, -0.2) is 13.6 Å². The van der Waals surface area contributed by atoms with E-state index in [-0.39, 0.29) is 6.15 Å². The SMILES string of the molecule is CCCCCCCCCCCCCCCCCCCCCCNC.N. The molecule has 0 heterocycles. The fourth-order valence-corrected chi connectivity index (χ4v) is 3.56. The Labute approximate surface area is 160 Å². The average molecular weight is 357 g/mol. The van der Waals surface area contributed by atoms with Gasteiger partial charge in [0.25, 0.3) is 0 Å². The lowest BCUT2D eigenvalue weighted by atomic mass is 10.0. The summed E-state index contributed by atoms with van der Waals surface area (Å²) < 4.78 is 0. The van der Waals surface area contributed by atoms with Crippen molar-refractivity contribution in [2.45, 2.75) is 135 Å². The van der Waals surface area contributed by atoms with Crippen molar-refractivity contribution in [3.63, 3.8) is 0 Å². The van der Waals surface area contributed by atoms with Gasteiger partial charge in [-0.2, -0.15) is 0 Å². The zero-order valence-electron chi connectivity index (χ0n) is 18.1. The summed E-state index contributed by atoms with van der Waals surface area (Å²) in [6, 6.07) is 0. The summed E-state index contributed by atoms with van der Waals surface area (Å²) in [5.74, 6) is 0. The maximum Gasteiger partial charge on any atom is -0.00519 e. The summed E-state index contributed by atoms with van der Waals surface area (Å²) >= 11 is 0. The molecule has 0 amide bonds. The van der Waals surface area contributed by atoms with E-state index < -0.39 is 0 Å². The van der Waals surface area contributed by atoms with Gasteiger partial charge in [-0.1, -0.05) is 129 Å². The largest absolute Gasteiger partial charge is 0.344 e. The van der Waals surface area contributed by atoms with Crippen LogP contribution in [0.5, 0.6) is 0 Å². The van der Waals surface area contributed by atoms with Crippen LogP contribution in [0.1, 0.15) is 135 Å². The van der Waals surface area contributed by atoms with E-state index >= 15 is 0 Å². The summed E-state index contributed by atoms with van der Waals surface area (Å²) in [6.07, 6.45) is 29.2. The number of hydrogen-bond acceptors (Lipinski definition) is 2. The molecule has 0 aliphatic heterocycles. The second-order valence-electron chi connectivity index (χ2n) is 7.82. The Kier molecular flexibility index (Phi) is 28.4. The van der Waals surface area contributed by atoms with Gasteiger partial charge in [0, 0.05) is 0 Å². The third-order valence-electron chi connectivity index (χ3n) is 5.28. The van der Waals surface area contributed by atoms with Gasteiger partial charge < -0.3 is 11.5 Å². The molecule has 0 aliphatic carbocycles. The Morgan fingerprint density at radius 1 is 0.400 bits per heavy atom. The summed E-state index contributed by atoms with van der Waals surface area (Å²) in [6.45, 7) is 3.49. The van der Waals surface area contributed by atoms with E-state index in [1.165, 1.54) is 135 Å². The van der Waals surface area contributed by atoms with E-state index in [1.807, 2.05) is 0 Å². The van der Waals surface area contributed by atoms with Crippen LogP contribution in [0.4, 0.5) is 0 Å². The van der Waals surface area contributed by atoms with Crippen molar-refractivity contribution < 1.29 is 0 Å². The Hall–Kier alpha value is -0.0800. The molecule has 0 radical (unpaired) electrons. The fourth-order valence-electron chi connectivity index (χ4n) is 3.56. The molecule has 0 aromatic rings. The second-order valence-corrected chi connectivity index (χ2v) is 7.82. The first-order valence-electron chi connectivity index (χ1n) is 11.6. The molecule has 0 fully saturated rings. The average Bonchev–Trinajstić information content (AvgIpc) is 2.60. The van der Waals surface area contributed by atoms with E-state index in [0.29, 0.717) is 0 Å². The molecule has 0 aliphatic rings. The highest BCUT2D eigenvalue weighted by Crippen LogP contribution is 2.14. The Balaban J connectivity index is 0. The van der Waals surface area contributed by atoms with Gasteiger partial charge in [0.15, 0.2) is 0 Å². The van der Waals surface area contributed by atoms with Crippen molar-refractivity contribution in [2.75, 3.05) is 13.6 Å². The molecule has 0 bridgehead atoms. The molecule has 0 aromatic heterocycles. The van der Waals surface area contributed by atoms with Crippen LogP contribution < -0.4 is 11.5 Å². The Morgan fingerprint density at radius 2 is 0.640 bits per heavy atom. The van der Waals surface area contributed by atoms with Crippen LogP contribution in [0.3, 0.4) is 0 Å². The first kappa shape index (κ1) is 27.1. The van der Waals surface area contributed by atoms with Crippen LogP contribution in [0.25, 0.3) is 0 Å². The standard InChI is InChI=1S/C23H49N.H3N/c1-3-4-5-6-7-8-9-10-11-12-13-14-15-16-17-18-19-20-21-22-23-24-2;/h24H,3-23H2,1-2H3;1H3. The molecular formula is C23H52N2. The molecular weight excluding hydrogens is 304 g/mol. The van der Waals surface area contributed by atoms with Crippen molar-refractivity contribution in [3.05, 3.63) is 0 Å². The monoisotopic (exact) mass is 356 g/mol. The van der Waals surface area contributed by atoms with Crippen molar-refractivity contribution in [1.82, 2.24) is 11.5 Å². The van der Waals surface area contributed by atoms with Crippen LogP contribution in [-0.2, 0) is 0 Å². The minimum absolute atomic E-state index is 0. The normalized spacial score (nSPS) is 10.8. The maximum absolute atomic E-state index is 3.23. The van der Waals surface area contributed by atoms with E-state index in [0.717, 1.165) is 0 Å². The van der Waals surface area contributed by atoms with Gasteiger partial charge in [-0.15, -0.1) is 0 Å². The highest BCUT2D eigenvalue weighted by Gasteiger charge is 1.95.